The molecule has 3 aromatic rings. The fourth-order valence-corrected chi connectivity index (χ4v) is 2.20. The zero-order chi connectivity index (χ0) is 16.2. The summed E-state index contributed by atoms with van der Waals surface area (Å²) in [6.07, 6.45) is 1.44. The van der Waals surface area contributed by atoms with Gasteiger partial charge in [0.1, 0.15) is 23.5 Å². The molecule has 7 nitrogen and oxygen atoms in total. The number of aryl methyl sites for hydroxylation is 1. The van der Waals surface area contributed by atoms with Crippen LogP contribution in [0.1, 0.15) is 16.1 Å². The lowest BCUT2D eigenvalue weighted by molar-refractivity contribution is 0.0940. The molecule has 0 saturated carbocycles. The van der Waals surface area contributed by atoms with Crippen molar-refractivity contribution < 1.29 is 9.90 Å². The molecule has 0 unspecified atom stereocenters. The number of hydrogen-bond acceptors (Lipinski definition) is 5. The van der Waals surface area contributed by atoms with Gasteiger partial charge in [0.05, 0.1) is 12.0 Å². The number of hydrogen-bond donors (Lipinski definition) is 4. The van der Waals surface area contributed by atoms with Gasteiger partial charge in [0.2, 0.25) is 0 Å². The minimum absolute atomic E-state index is 0.105. The number of aromatic amines is 1. The summed E-state index contributed by atoms with van der Waals surface area (Å²) >= 11 is 0. The predicted molar refractivity (Wildman–Crippen MR) is 87.8 cm³/mol. The highest BCUT2D eigenvalue weighted by atomic mass is 16.3. The van der Waals surface area contributed by atoms with Crippen molar-refractivity contribution in [1.29, 1.82) is 0 Å². The Morgan fingerprint density at radius 2 is 2.04 bits per heavy atom. The number of anilines is 2. The first-order valence-electron chi connectivity index (χ1n) is 7.24. The van der Waals surface area contributed by atoms with Gasteiger partial charge < -0.3 is 20.7 Å². The van der Waals surface area contributed by atoms with Crippen molar-refractivity contribution in [3.05, 3.63) is 47.9 Å². The molecule has 0 saturated heterocycles. The van der Waals surface area contributed by atoms with Gasteiger partial charge in [-0.2, -0.15) is 0 Å². The minimum atomic E-state index is -0.293. The van der Waals surface area contributed by atoms with E-state index in [-0.39, 0.29) is 19.1 Å². The van der Waals surface area contributed by atoms with Crippen molar-refractivity contribution in [3.63, 3.8) is 0 Å². The second-order valence-electron chi connectivity index (χ2n) is 5.14. The lowest BCUT2D eigenvalue weighted by atomic mass is 10.2. The Labute approximate surface area is 132 Å². The van der Waals surface area contributed by atoms with Crippen LogP contribution in [-0.4, -0.2) is 39.1 Å². The lowest BCUT2D eigenvalue weighted by Gasteiger charge is -2.06. The van der Waals surface area contributed by atoms with Gasteiger partial charge in [-0.15, -0.1) is 0 Å². The number of rotatable bonds is 5. The number of nitrogens with one attached hydrogen (secondary N) is 3. The fourth-order valence-electron chi connectivity index (χ4n) is 2.20. The van der Waals surface area contributed by atoms with Gasteiger partial charge in [-0.3, -0.25) is 4.79 Å². The molecule has 7 heteroatoms. The normalized spacial score (nSPS) is 10.7. The van der Waals surface area contributed by atoms with Crippen LogP contribution in [0.4, 0.5) is 11.5 Å². The molecule has 1 amide bonds. The Hall–Kier alpha value is -2.93. The molecule has 0 aliphatic heterocycles. The first kappa shape index (κ1) is 15.0. The molecule has 2 heterocycles. The molecule has 3 rings (SSSR count). The van der Waals surface area contributed by atoms with E-state index in [2.05, 4.69) is 25.6 Å². The summed E-state index contributed by atoms with van der Waals surface area (Å²) in [6, 6.07) is 9.63. The Kier molecular flexibility index (Phi) is 4.20. The first-order valence-corrected chi connectivity index (χ1v) is 7.24. The van der Waals surface area contributed by atoms with Gasteiger partial charge in [-0.25, -0.2) is 9.97 Å². The summed E-state index contributed by atoms with van der Waals surface area (Å²) in [4.78, 5) is 23.3. The number of carbonyl (C=O) groups excluding carboxylic acids is 1. The molecular weight excluding hydrogens is 294 g/mol. The summed E-state index contributed by atoms with van der Waals surface area (Å²) in [5.74, 6) is 0.328. The highest BCUT2D eigenvalue weighted by Crippen LogP contribution is 2.23. The van der Waals surface area contributed by atoms with Crippen LogP contribution in [0.2, 0.25) is 0 Å². The number of carbonyl (C=O) groups is 1. The highest BCUT2D eigenvalue weighted by molar-refractivity contribution is 6.00. The summed E-state index contributed by atoms with van der Waals surface area (Å²) in [5.41, 5.74) is 3.03. The van der Waals surface area contributed by atoms with Gasteiger partial charge in [0, 0.05) is 12.2 Å². The largest absolute Gasteiger partial charge is 0.395 e. The van der Waals surface area contributed by atoms with Crippen LogP contribution in [0, 0.1) is 6.92 Å². The molecule has 2 aromatic heterocycles. The average molecular weight is 311 g/mol. The molecule has 4 N–H and O–H groups in total. The van der Waals surface area contributed by atoms with Crippen LogP contribution < -0.4 is 10.6 Å². The van der Waals surface area contributed by atoms with Crippen LogP contribution in [0.15, 0.2) is 36.7 Å². The molecular formula is C16H17N5O2. The van der Waals surface area contributed by atoms with E-state index in [4.69, 9.17) is 5.11 Å². The Bertz CT molecular complexity index is 826. The number of benzene rings is 1. The van der Waals surface area contributed by atoms with Crippen LogP contribution in [0.5, 0.6) is 0 Å². The second-order valence-corrected chi connectivity index (χ2v) is 5.14. The SMILES string of the molecule is Cc1ccc(Nc2ncnc3[nH]c(C(=O)NCCO)cc23)cc1. The molecule has 0 spiro atoms. The van der Waals surface area contributed by atoms with Crippen molar-refractivity contribution >= 4 is 28.4 Å². The average Bonchev–Trinajstić information content (AvgIpc) is 3.00. The first-order chi connectivity index (χ1) is 11.2. The quantitative estimate of drug-likeness (QED) is 0.574. The number of nitrogens with zero attached hydrogens (tertiary/aromatic N) is 2. The van der Waals surface area contributed by atoms with E-state index in [1.54, 1.807) is 6.07 Å². The van der Waals surface area contributed by atoms with Crippen LogP contribution in [0.3, 0.4) is 0 Å². The minimum Gasteiger partial charge on any atom is -0.395 e. The Balaban J connectivity index is 1.90. The molecule has 0 aliphatic rings. The standard InChI is InChI=1S/C16H17N5O2/c1-10-2-4-11(5-3-10)20-14-12-8-13(16(23)17-6-7-22)21-15(12)19-9-18-14/h2-5,8-9,22H,6-7H2,1H3,(H,17,23)(H2,18,19,20,21). The number of fused-ring (bicyclic) bond motifs is 1. The van der Waals surface area contributed by atoms with Crippen LogP contribution in [-0.2, 0) is 0 Å². The third kappa shape index (κ3) is 3.29. The molecule has 23 heavy (non-hydrogen) atoms. The van der Waals surface area contributed by atoms with E-state index < -0.39 is 0 Å². The van der Waals surface area contributed by atoms with Gasteiger partial charge >= 0.3 is 0 Å². The maximum atomic E-state index is 12.0. The number of amides is 1. The number of H-pyrrole nitrogens is 1. The lowest BCUT2D eigenvalue weighted by Crippen LogP contribution is -2.26. The van der Waals surface area contributed by atoms with Crippen LogP contribution >= 0.6 is 0 Å². The topological polar surface area (TPSA) is 103 Å². The van der Waals surface area contributed by atoms with E-state index in [1.807, 2.05) is 31.2 Å². The highest BCUT2D eigenvalue weighted by Gasteiger charge is 2.13. The van der Waals surface area contributed by atoms with Crippen molar-refractivity contribution in [2.24, 2.45) is 0 Å². The van der Waals surface area contributed by atoms with Crippen molar-refractivity contribution in [2.45, 2.75) is 6.92 Å². The molecule has 0 bridgehead atoms. The summed E-state index contributed by atoms with van der Waals surface area (Å²) in [7, 11) is 0. The smallest absolute Gasteiger partial charge is 0.267 e. The summed E-state index contributed by atoms with van der Waals surface area (Å²) < 4.78 is 0. The third-order valence-electron chi connectivity index (χ3n) is 3.38. The number of aromatic nitrogens is 3. The fraction of sp³-hybridized carbons (Fsp3) is 0.188. The Morgan fingerprint density at radius 1 is 1.26 bits per heavy atom. The maximum Gasteiger partial charge on any atom is 0.267 e. The summed E-state index contributed by atoms with van der Waals surface area (Å²) in [6.45, 7) is 2.12. The summed E-state index contributed by atoms with van der Waals surface area (Å²) in [5, 5.41) is 15.3. The predicted octanol–water partition coefficient (Wildman–Crippen LogP) is 1.73. The Morgan fingerprint density at radius 3 is 2.78 bits per heavy atom. The number of aliphatic hydroxyl groups is 1. The number of aliphatic hydroxyl groups excluding tert-OH is 1. The van der Waals surface area contributed by atoms with E-state index in [0.717, 1.165) is 11.1 Å². The molecule has 0 fully saturated rings. The van der Waals surface area contributed by atoms with Gasteiger partial charge in [-0.1, -0.05) is 17.7 Å². The van der Waals surface area contributed by atoms with Crippen LogP contribution in [0.25, 0.3) is 11.0 Å². The molecule has 1 aromatic carbocycles. The monoisotopic (exact) mass is 311 g/mol. The zero-order valence-electron chi connectivity index (χ0n) is 12.6. The maximum absolute atomic E-state index is 12.0. The zero-order valence-corrected chi connectivity index (χ0v) is 12.6. The van der Waals surface area contributed by atoms with E-state index >= 15 is 0 Å². The van der Waals surface area contributed by atoms with Crippen molar-refractivity contribution in [1.82, 2.24) is 20.3 Å². The molecule has 0 radical (unpaired) electrons. The van der Waals surface area contributed by atoms with Gasteiger partial charge in [-0.05, 0) is 25.1 Å². The van der Waals surface area contributed by atoms with Crippen molar-refractivity contribution in [2.75, 3.05) is 18.5 Å². The second kappa shape index (κ2) is 6.45. The molecule has 0 aliphatic carbocycles. The van der Waals surface area contributed by atoms with Crippen molar-refractivity contribution in [3.8, 4) is 0 Å². The van der Waals surface area contributed by atoms with E-state index in [1.165, 1.54) is 11.9 Å². The van der Waals surface area contributed by atoms with E-state index in [0.29, 0.717) is 17.2 Å². The van der Waals surface area contributed by atoms with Gasteiger partial charge in [0.15, 0.2) is 0 Å². The molecule has 118 valence electrons. The third-order valence-corrected chi connectivity index (χ3v) is 3.38. The molecule has 0 atom stereocenters. The van der Waals surface area contributed by atoms with E-state index in [9.17, 15) is 4.79 Å². The van der Waals surface area contributed by atoms with Gasteiger partial charge in [0.25, 0.3) is 5.91 Å².